The van der Waals surface area contributed by atoms with E-state index in [0.29, 0.717) is 0 Å². The molecule has 0 unspecified atom stereocenters. The lowest BCUT2D eigenvalue weighted by Gasteiger charge is -2.23. The monoisotopic (exact) mass is 273 g/mol. The third-order valence-corrected chi connectivity index (χ3v) is 4.46. The summed E-state index contributed by atoms with van der Waals surface area (Å²) in [5, 5.41) is 0. The highest BCUT2D eigenvalue weighted by molar-refractivity contribution is 5.77. The minimum atomic E-state index is -0.0572. The van der Waals surface area contributed by atoms with E-state index in [0.717, 1.165) is 42.9 Å². The standard InChI is InChI=1S/C16H23N3O/c1-3-19-14-7-6-12(20-2)10-13(14)18-15(19)11-16(17)8-4-5-9-16/h6-7,10H,3-5,8-9,11,17H2,1-2H3. The highest BCUT2D eigenvalue weighted by Gasteiger charge is 2.31. The molecule has 3 rings (SSSR count). The molecule has 0 bridgehead atoms. The van der Waals surface area contributed by atoms with Crippen molar-refractivity contribution in [1.29, 1.82) is 0 Å². The smallest absolute Gasteiger partial charge is 0.121 e. The first-order chi connectivity index (χ1) is 9.65. The molecule has 2 aromatic rings. The molecule has 0 atom stereocenters. The third kappa shape index (κ3) is 2.29. The molecule has 1 aromatic heterocycles. The van der Waals surface area contributed by atoms with Crippen LogP contribution in [-0.4, -0.2) is 22.2 Å². The first-order valence-electron chi connectivity index (χ1n) is 7.47. The number of ether oxygens (including phenoxy) is 1. The van der Waals surface area contributed by atoms with Gasteiger partial charge in [-0.3, -0.25) is 0 Å². The molecule has 108 valence electrons. The first kappa shape index (κ1) is 13.4. The van der Waals surface area contributed by atoms with Crippen molar-refractivity contribution in [3.05, 3.63) is 24.0 Å². The van der Waals surface area contributed by atoms with Crippen LogP contribution >= 0.6 is 0 Å². The molecule has 20 heavy (non-hydrogen) atoms. The van der Waals surface area contributed by atoms with Crippen LogP contribution in [0.4, 0.5) is 0 Å². The molecular weight excluding hydrogens is 250 g/mol. The molecule has 0 amide bonds. The average Bonchev–Trinajstić information content (AvgIpc) is 3.01. The van der Waals surface area contributed by atoms with Crippen LogP contribution in [0.2, 0.25) is 0 Å². The van der Waals surface area contributed by atoms with Crippen LogP contribution in [0.3, 0.4) is 0 Å². The zero-order valence-electron chi connectivity index (χ0n) is 12.4. The summed E-state index contributed by atoms with van der Waals surface area (Å²) in [6, 6.07) is 6.09. The SMILES string of the molecule is CCn1c(CC2(N)CCCC2)nc2cc(OC)ccc21. The van der Waals surface area contributed by atoms with Gasteiger partial charge in [0.1, 0.15) is 11.6 Å². The van der Waals surface area contributed by atoms with Gasteiger partial charge in [-0.2, -0.15) is 0 Å². The number of hydrogen-bond acceptors (Lipinski definition) is 3. The van der Waals surface area contributed by atoms with Gasteiger partial charge < -0.3 is 15.0 Å². The fraction of sp³-hybridized carbons (Fsp3) is 0.562. The molecule has 1 aliphatic rings. The van der Waals surface area contributed by atoms with Crippen molar-refractivity contribution in [1.82, 2.24) is 9.55 Å². The lowest BCUT2D eigenvalue weighted by atomic mass is 9.94. The number of methoxy groups -OCH3 is 1. The van der Waals surface area contributed by atoms with Gasteiger partial charge in [0, 0.05) is 24.6 Å². The van der Waals surface area contributed by atoms with Gasteiger partial charge in [-0.1, -0.05) is 12.8 Å². The average molecular weight is 273 g/mol. The molecule has 1 aliphatic carbocycles. The van der Waals surface area contributed by atoms with Gasteiger partial charge in [0.15, 0.2) is 0 Å². The second-order valence-corrected chi connectivity index (χ2v) is 5.87. The highest BCUT2D eigenvalue weighted by Crippen LogP contribution is 2.31. The number of rotatable bonds is 4. The summed E-state index contributed by atoms with van der Waals surface area (Å²) >= 11 is 0. The van der Waals surface area contributed by atoms with E-state index in [2.05, 4.69) is 17.6 Å². The van der Waals surface area contributed by atoms with Crippen LogP contribution in [0.5, 0.6) is 5.75 Å². The maximum Gasteiger partial charge on any atom is 0.121 e. The lowest BCUT2D eigenvalue weighted by molar-refractivity contribution is 0.415. The summed E-state index contributed by atoms with van der Waals surface area (Å²) in [4.78, 5) is 4.80. The van der Waals surface area contributed by atoms with Crippen molar-refractivity contribution in [2.45, 2.75) is 51.1 Å². The quantitative estimate of drug-likeness (QED) is 0.932. The zero-order valence-corrected chi connectivity index (χ0v) is 12.4. The van der Waals surface area contributed by atoms with Crippen LogP contribution in [0.1, 0.15) is 38.4 Å². The Kier molecular flexibility index (Phi) is 3.42. The van der Waals surface area contributed by atoms with Crippen molar-refractivity contribution < 1.29 is 4.74 Å². The van der Waals surface area contributed by atoms with Gasteiger partial charge in [0.05, 0.1) is 18.1 Å². The summed E-state index contributed by atoms with van der Waals surface area (Å²) < 4.78 is 7.56. The summed E-state index contributed by atoms with van der Waals surface area (Å²) in [6.45, 7) is 3.08. The highest BCUT2D eigenvalue weighted by atomic mass is 16.5. The fourth-order valence-electron chi connectivity index (χ4n) is 3.35. The topological polar surface area (TPSA) is 53.1 Å². The predicted molar refractivity (Wildman–Crippen MR) is 81.0 cm³/mol. The van der Waals surface area contributed by atoms with Crippen LogP contribution < -0.4 is 10.5 Å². The Hall–Kier alpha value is -1.55. The Bertz CT molecular complexity index is 611. The van der Waals surface area contributed by atoms with Crippen molar-refractivity contribution >= 4 is 11.0 Å². The van der Waals surface area contributed by atoms with Gasteiger partial charge >= 0.3 is 0 Å². The molecule has 0 radical (unpaired) electrons. The first-order valence-corrected chi connectivity index (χ1v) is 7.47. The van der Waals surface area contributed by atoms with Gasteiger partial charge in [0.2, 0.25) is 0 Å². The minimum absolute atomic E-state index is 0.0572. The third-order valence-electron chi connectivity index (χ3n) is 4.46. The maximum absolute atomic E-state index is 6.51. The van der Waals surface area contributed by atoms with Crippen LogP contribution in [0, 0.1) is 0 Å². The van der Waals surface area contributed by atoms with Gasteiger partial charge in [-0.05, 0) is 31.9 Å². The van der Waals surface area contributed by atoms with E-state index in [1.165, 1.54) is 18.4 Å². The molecule has 1 aromatic carbocycles. The summed E-state index contributed by atoms with van der Waals surface area (Å²) in [5.74, 6) is 1.97. The van der Waals surface area contributed by atoms with Crippen molar-refractivity contribution in [3.8, 4) is 5.75 Å². The largest absolute Gasteiger partial charge is 0.497 e. The number of benzene rings is 1. The molecule has 4 heteroatoms. The van der Waals surface area contributed by atoms with Crippen molar-refractivity contribution in [2.75, 3.05) is 7.11 Å². The Balaban J connectivity index is 2.01. The summed E-state index contributed by atoms with van der Waals surface area (Å²) in [7, 11) is 1.69. The van der Waals surface area contributed by atoms with E-state index < -0.39 is 0 Å². The Morgan fingerprint density at radius 3 is 2.75 bits per heavy atom. The van der Waals surface area contributed by atoms with Crippen molar-refractivity contribution in [3.63, 3.8) is 0 Å². The maximum atomic E-state index is 6.51. The summed E-state index contributed by atoms with van der Waals surface area (Å²) in [6.07, 6.45) is 5.59. The molecule has 2 N–H and O–H groups in total. The van der Waals surface area contributed by atoms with Crippen LogP contribution in [0.15, 0.2) is 18.2 Å². The van der Waals surface area contributed by atoms with Crippen LogP contribution in [-0.2, 0) is 13.0 Å². The zero-order chi connectivity index (χ0) is 14.2. The summed E-state index contributed by atoms with van der Waals surface area (Å²) in [5.41, 5.74) is 8.63. The van der Waals surface area contributed by atoms with E-state index in [1.807, 2.05) is 12.1 Å². The number of imidazole rings is 1. The molecule has 0 saturated heterocycles. The Morgan fingerprint density at radius 1 is 1.35 bits per heavy atom. The second-order valence-electron chi connectivity index (χ2n) is 5.87. The molecule has 1 fully saturated rings. The molecule has 1 heterocycles. The number of aryl methyl sites for hydroxylation is 1. The number of hydrogen-bond donors (Lipinski definition) is 1. The predicted octanol–water partition coefficient (Wildman–Crippen LogP) is 2.88. The second kappa shape index (κ2) is 5.09. The number of fused-ring (bicyclic) bond motifs is 1. The lowest BCUT2D eigenvalue weighted by Crippen LogP contribution is -2.39. The molecular formula is C16H23N3O. The van der Waals surface area contributed by atoms with Crippen LogP contribution in [0.25, 0.3) is 11.0 Å². The normalized spacial score (nSPS) is 17.8. The van der Waals surface area contributed by atoms with E-state index >= 15 is 0 Å². The Labute approximate surface area is 119 Å². The molecule has 1 saturated carbocycles. The van der Waals surface area contributed by atoms with Crippen molar-refractivity contribution in [2.24, 2.45) is 5.73 Å². The molecule has 0 aliphatic heterocycles. The number of nitrogens with zero attached hydrogens (tertiary/aromatic N) is 2. The number of nitrogens with two attached hydrogens (primary N) is 1. The van der Waals surface area contributed by atoms with Gasteiger partial charge in [0.25, 0.3) is 0 Å². The Morgan fingerprint density at radius 2 is 2.10 bits per heavy atom. The van der Waals surface area contributed by atoms with E-state index in [4.69, 9.17) is 15.5 Å². The molecule has 4 nitrogen and oxygen atoms in total. The fourth-order valence-corrected chi connectivity index (χ4v) is 3.35. The van der Waals surface area contributed by atoms with E-state index in [-0.39, 0.29) is 5.54 Å². The van der Waals surface area contributed by atoms with E-state index in [9.17, 15) is 0 Å². The minimum Gasteiger partial charge on any atom is -0.497 e. The van der Waals surface area contributed by atoms with E-state index in [1.54, 1.807) is 7.11 Å². The number of aromatic nitrogens is 2. The van der Waals surface area contributed by atoms with Gasteiger partial charge in [-0.25, -0.2) is 4.98 Å². The molecule has 0 spiro atoms. The van der Waals surface area contributed by atoms with Gasteiger partial charge in [-0.15, -0.1) is 0 Å².